The van der Waals surface area contributed by atoms with E-state index in [1.165, 1.54) is 6.33 Å². The van der Waals surface area contributed by atoms with Crippen LogP contribution in [-0.2, 0) is 11.2 Å². The maximum absolute atomic E-state index is 12.1. The quantitative estimate of drug-likeness (QED) is 0.798. The molecule has 3 rings (SSSR count). The van der Waals surface area contributed by atoms with Crippen LogP contribution < -0.4 is 5.32 Å². The molecule has 7 heteroatoms. The normalized spacial score (nSPS) is 10.9. The van der Waals surface area contributed by atoms with E-state index >= 15 is 0 Å². The standard InChI is InChI=1S/C16H16ClN5O/c1-10-14(11(2)22-16(20-10)18-9-19-22)6-7-15(23)21-13-5-3-4-12(17)8-13/h3-5,8-9H,6-7H2,1-2H3,(H,21,23). The van der Waals surface area contributed by atoms with Crippen molar-refractivity contribution in [2.75, 3.05) is 5.32 Å². The first kappa shape index (κ1) is 15.4. The molecule has 0 saturated heterocycles. The molecule has 0 aliphatic carbocycles. The van der Waals surface area contributed by atoms with Crippen molar-refractivity contribution in [3.05, 3.63) is 52.6 Å². The molecule has 1 N–H and O–H groups in total. The minimum absolute atomic E-state index is 0.0650. The molecule has 2 aromatic heterocycles. The largest absolute Gasteiger partial charge is 0.326 e. The summed E-state index contributed by atoms with van der Waals surface area (Å²) in [6, 6.07) is 7.10. The number of hydrogen-bond donors (Lipinski definition) is 1. The second-order valence-corrected chi connectivity index (χ2v) is 5.73. The molecule has 0 aliphatic heterocycles. The van der Waals surface area contributed by atoms with Gasteiger partial charge in [-0.05, 0) is 44.0 Å². The summed E-state index contributed by atoms with van der Waals surface area (Å²) in [6.45, 7) is 3.88. The van der Waals surface area contributed by atoms with Crippen molar-refractivity contribution in [2.45, 2.75) is 26.7 Å². The summed E-state index contributed by atoms with van der Waals surface area (Å²) < 4.78 is 1.69. The Hall–Kier alpha value is -2.47. The number of halogens is 1. The van der Waals surface area contributed by atoms with E-state index in [0.717, 1.165) is 17.0 Å². The van der Waals surface area contributed by atoms with E-state index in [2.05, 4.69) is 20.4 Å². The predicted molar refractivity (Wildman–Crippen MR) is 88.7 cm³/mol. The maximum Gasteiger partial charge on any atom is 0.252 e. The number of anilines is 1. The number of carbonyl (C=O) groups excluding carboxylic acids is 1. The lowest BCUT2D eigenvalue weighted by Gasteiger charge is -2.10. The lowest BCUT2D eigenvalue weighted by molar-refractivity contribution is -0.116. The Morgan fingerprint density at radius 2 is 2.17 bits per heavy atom. The number of nitrogens with one attached hydrogen (secondary N) is 1. The van der Waals surface area contributed by atoms with E-state index in [1.54, 1.807) is 22.7 Å². The summed E-state index contributed by atoms with van der Waals surface area (Å²) >= 11 is 5.91. The minimum Gasteiger partial charge on any atom is -0.326 e. The van der Waals surface area contributed by atoms with Gasteiger partial charge in [-0.1, -0.05) is 17.7 Å². The van der Waals surface area contributed by atoms with E-state index in [4.69, 9.17) is 11.6 Å². The molecule has 2 heterocycles. The number of carbonyl (C=O) groups is 1. The van der Waals surface area contributed by atoms with Gasteiger partial charge in [0, 0.05) is 28.5 Å². The molecule has 3 aromatic rings. The van der Waals surface area contributed by atoms with Gasteiger partial charge in [0.15, 0.2) is 0 Å². The van der Waals surface area contributed by atoms with Gasteiger partial charge in [0.25, 0.3) is 5.78 Å². The number of rotatable bonds is 4. The molecule has 0 unspecified atom stereocenters. The van der Waals surface area contributed by atoms with Crippen LogP contribution in [-0.4, -0.2) is 25.5 Å². The molecule has 0 bridgehead atoms. The second-order valence-electron chi connectivity index (χ2n) is 5.29. The average Bonchev–Trinajstić information content (AvgIpc) is 2.95. The van der Waals surface area contributed by atoms with Crippen LogP contribution in [0.3, 0.4) is 0 Å². The fourth-order valence-corrected chi connectivity index (χ4v) is 2.74. The Morgan fingerprint density at radius 3 is 2.96 bits per heavy atom. The highest BCUT2D eigenvalue weighted by molar-refractivity contribution is 6.30. The van der Waals surface area contributed by atoms with E-state index < -0.39 is 0 Å². The lowest BCUT2D eigenvalue weighted by atomic mass is 10.1. The highest BCUT2D eigenvalue weighted by Gasteiger charge is 2.12. The van der Waals surface area contributed by atoms with Gasteiger partial charge >= 0.3 is 0 Å². The lowest BCUT2D eigenvalue weighted by Crippen LogP contribution is -2.14. The molecule has 0 saturated carbocycles. The molecule has 118 valence electrons. The average molecular weight is 330 g/mol. The summed E-state index contributed by atoms with van der Waals surface area (Å²) in [5, 5.41) is 7.59. The van der Waals surface area contributed by atoms with Crippen molar-refractivity contribution in [3.63, 3.8) is 0 Å². The van der Waals surface area contributed by atoms with Crippen LogP contribution in [0.2, 0.25) is 5.02 Å². The van der Waals surface area contributed by atoms with E-state index in [0.29, 0.717) is 29.3 Å². The molecule has 0 atom stereocenters. The third-order valence-corrected chi connectivity index (χ3v) is 3.93. The fraction of sp³-hybridized carbons (Fsp3) is 0.250. The molecule has 0 aliphatic rings. The first-order valence-electron chi connectivity index (χ1n) is 7.26. The van der Waals surface area contributed by atoms with Crippen LogP contribution in [0.5, 0.6) is 0 Å². The zero-order valence-corrected chi connectivity index (χ0v) is 13.6. The van der Waals surface area contributed by atoms with Crippen molar-refractivity contribution >= 4 is 29.0 Å². The van der Waals surface area contributed by atoms with Gasteiger partial charge in [0.05, 0.1) is 0 Å². The van der Waals surface area contributed by atoms with Gasteiger partial charge in [0.1, 0.15) is 6.33 Å². The smallest absolute Gasteiger partial charge is 0.252 e. The summed E-state index contributed by atoms with van der Waals surface area (Å²) in [6.07, 6.45) is 2.42. The Morgan fingerprint density at radius 1 is 1.35 bits per heavy atom. The van der Waals surface area contributed by atoms with Crippen LogP contribution in [0.15, 0.2) is 30.6 Å². The number of amides is 1. The first-order chi connectivity index (χ1) is 11.0. The number of benzene rings is 1. The third-order valence-electron chi connectivity index (χ3n) is 3.70. The SMILES string of the molecule is Cc1nc2ncnn2c(C)c1CCC(=O)Nc1cccc(Cl)c1. The van der Waals surface area contributed by atoms with E-state index in [9.17, 15) is 4.79 Å². The summed E-state index contributed by atoms with van der Waals surface area (Å²) in [4.78, 5) is 20.6. The molecule has 0 radical (unpaired) electrons. The van der Waals surface area contributed by atoms with E-state index in [1.807, 2.05) is 19.9 Å². The molecule has 23 heavy (non-hydrogen) atoms. The topological polar surface area (TPSA) is 72.2 Å². The summed E-state index contributed by atoms with van der Waals surface area (Å²) in [5.74, 6) is 0.511. The van der Waals surface area contributed by atoms with Crippen molar-refractivity contribution in [3.8, 4) is 0 Å². The van der Waals surface area contributed by atoms with Gasteiger partial charge in [-0.2, -0.15) is 10.1 Å². The number of aromatic nitrogens is 4. The molecule has 0 spiro atoms. The molecule has 0 fully saturated rings. The Labute approximate surface area is 138 Å². The Kier molecular flexibility index (Phi) is 4.25. The number of fused-ring (bicyclic) bond motifs is 1. The first-order valence-corrected chi connectivity index (χ1v) is 7.63. The van der Waals surface area contributed by atoms with Crippen LogP contribution in [0.25, 0.3) is 5.78 Å². The number of aryl methyl sites for hydroxylation is 2. The molecule has 6 nitrogen and oxygen atoms in total. The molecular formula is C16H16ClN5O. The maximum atomic E-state index is 12.1. The fourth-order valence-electron chi connectivity index (χ4n) is 2.55. The van der Waals surface area contributed by atoms with Gasteiger partial charge in [-0.3, -0.25) is 4.79 Å². The van der Waals surface area contributed by atoms with Gasteiger partial charge in [-0.15, -0.1) is 0 Å². The van der Waals surface area contributed by atoms with E-state index in [-0.39, 0.29) is 5.91 Å². The minimum atomic E-state index is -0.0650. The zero-order valence-electron chi connectivity index (χ0n) is 12.9. The van der Waals surface area contributed by atoms with Crippen LogP contribution >= 0.6 is 11.6 Å². The van der Waals surface area contributed by atoms with Gasteiger partial charge in [-0.25, -0.2) is 9.50 Å². The number of hydrogen-bond acceptors (Lipinski definition) is 4. The zero-order chi connectivity index (χ0) is 16.4. The predicted octanol–water partition coefficient (Wildman–Crippen LogP) is 2.97. The van der Waals surface area contributed by atoms with Crippen LogP contribution in [0.4, 0.5) is 5.69 Å². The van der Waals surface area contributed by atoms with Crippen molar-refractivity contribution in [1.29, 1.82) is 0 Å². The summed E-state index contributed by atoms with van der Waals surface area (Å²) in [7, 11) is 0. The Balaban J connectivity index is 1.72. The van der Waals surface area contributed by atoms with Gasteiger partial charge < -0.3 is 5.32 Å². The van der Waals surface area contributed by atoms with Crippen LogP contribution in [0, 0.1) is 13.8 Å². The molecular weight excluding hydrogens is 314 g/mol. The highest BCUT2D eigenvalue weighted by Crippen LogP contribution is 2.17. The summed E-state index contributed by atoms with van der Waals surface area (Å²) in [5.41, 5.74) is 3.55. The van der Waals surface area contributed by atoms with Crippen molar-refractivity contribution in [1.82, 2.24) is 19.6 Å². The molecule has 1 amide bonds. The van der Waals surface area contributed by atoms with Crippen molar-refractivity contribution < 1.29 is 4.79 Å². The Bertz CT molecular complexity index is 874. The second kappa shape index (κ2) is 6.34. The molecule has 1 aromatic carbocycles. The third kappa shape index (κ3) is 3.32. The van der Waals surface area contributed by atoms with Crippen LogP contribution in [0.1, 0.15) is 23.4 Å². The monoisotopic (exact) mass is 329 g/mol. The van der Waals surface area contributed by atoms with Crippen molar-refractivity contribution in [2.24, 2.45) is 0 Å². The highest BCUT2D eigenvalue weighted by atomic mass is 35.5. The number of nitrogens with zero attached hydrogens (tertiary/aromatic N) is 4. The van der Waals surface area contributed by atoms with Gasteiger partial charge in [0.2, 0.25) is 5.91 Å².